The predicted molar refractivity (Wildman–Crippen MR) is 105 cm³/mol. The van der Waals surface area contributed by atoms with Gasteiger partial charge in [0.15, 0.2) is 5.96 Å². The fourth-order valence-electron chi connectivity index (χ4n) is 3.02. The van der Waals surface area contributed by atoms with E-state index in [1.165, 1.54) is 25.9 Å². The first-order chi connectivity index (χ1) is 12.1. The fourth-order valence-corrected chi connectivity index (χ4v) is 3.66. The quantitative estimate of drug-likeness (QED) is 0.471. The van der Waals surface area contributed by atoms with Crippen molar-refractivity contribution in [3.8, 4) is 11.3 Å². The van der Waals surface area contributed by atoms with E-state index in [-0.39, 0.29) is 0 Å². The standard InChI is InChI=1S/C18H26N6S/c1-13-14(2)21-18(22-16(13)15-6-11-25-12-15)23-17(19)20-7-5-10-24-8-3-4-9-24/h6,11-12H,3-5,7-10H2,1-2H3,(H3,19,20,21,22,23). The molecular formula is C18H26N6S. The summed E-state index contributed by atoms with van der Waals surface area (Å²) in [6.07, 6.45) is 3.67. The molecule has 0 unspecified atom stereocenters. The number of nitrogens with zero attached hydrogens (tertiary/aromatic N) is 4. The van der Waals surface area contributed by atoms with Gasteiger partial charge in [0.25, 0.3) is 0 Å². The van der Waals surface area contributed by atoms with Crippen molar-refractivity contribution in [2.24, 2.45) is 10.7 Å². The Bertz CT molecular complexity index is 719. The number of hydrogen-bond donors (Lipinski definition) is 2. The molecule has 1 aliphatic rings. The Labute approximate surface area is 153 Å². The van der Waals surface area contributed by atoms with Crippen LogP contribution in [0.5, 0.6) is 0 Å². The number of aromatic nitrogens is 2. The number of nitrogens with one attached hydrogen (secondary N) is 1. The summed E-state index contributed by atoms with van der Waals surface area (Å²) in [7, 11) is 0. The second kappa shape index (κ2) is 8.40. The van der Waals surface area contributed by atoms with Crippen LogP contribution in [0, 0.1) is 13.8 Å². The molecule has 0 aliphatic carbocycles. The molecule has 1 aliphatic heterocycles. The highest BCUT2D eigenvalue weighted by Gasteiger charge is 2.12. The van der Waals surface area contributed by atoms with Crippen molar-refractivity contribution in [2.45, 2.75) is 33.1 Å². The van der Waals surface area contributed by atoms with Crippen LogP contribution in [0.2, 0.25) is 0 Å². The maximum absolute atomic E-state index is 6.00. The van der Waals surface area contributed by atoms with E-state index in [1.54, 1.807) is 11.3 Å². The van der Waals surface area contributed by atoms with Gasteiger partial charge in [0, 0.05) is 23.2 Å². The molecular weight excluding hydrogens is 332 g/mol. The van der Waals surface area contributed by atoms with Gasteiger partial charge in [-0.2, -0.15) is 11.3 Å². The first kappa shape index (κ1) is 17.8. The summed E-state index contributed by atoms with van der Waals surface area (Å²) in [6, 6.07) is 2.07. The summed E-state index contributed by atoms with van der Waals surface area (Å²) < 4.78 is 0. The van der Waals surface area contributed by atoms with Crippen molar-refractivity contribution in [2.75, 3.05) is 31.5 Å². The molecule has 2 aromatic heterocycles. The molecule has 1 fully saturated rings. The highest BCUT2D eigenvalue weighted by molar-refractivity contribution is 7.08. The second-order valence-corrected chi connectivity index (χ2v) is 7.19. The zero-order valence-electron chi connectivity index (χ0n) is 15.0. The highest BCUT2D eigenvalue weighted by Crippen LogP contribution is 2.25. The van der Waals surface area contributed by atoms with Crippen molar-refractivity contribution in [1.29, 1.82) is 0 Å². The minimum atomic E-state index is 0.376. The molecule has 2 aromatic rings. The third-order valence-corrected chi connectivity index (χ3v) is 5.22. The third-order valence-electron chi connectivity index (χ3n) is 4.54. The van der Waals surface area contributed by atoms with E-state index in [0.29, 0.717) is 11.9 Å². The van der Waals surface area contributed by atoms with Crippen molar-refractivity contribution < 1.29 is 0 Å². The lowest BCUT2D eigenvalue weighted by molar-refractivity contribution is 0.336. The number of aliphatic imine (C=N–C) groups is 1. The fraction of sp³-hybridized carbons (Fsp3) is 0.500. The smallest absolute Gasteiger partial charge is 0.230 e. The number of rotatable bonds is 6. The number of aryl methyl sites for hydroxylation is 1. The summed E-state index contributed by atoms with van der Waals surface area (Å²) in [6.45, 7) is 8.29. The van der Waals surface area contributed by atoms with Crippen LogP contribution >= 0.6 is 11.3 Å². The molecule has 0 aromatic carbocycles. The first-order valence-electron chi connectivity index (χ1n) is 8.80. The van der Waals surface area contributed by atoms with E-state index < -0.39 is 0 Å². The highest BCUT2D eigenvalue weighted by atomic mass is 32.1. The van der Waals surface area contributed by atoms with Crippen molar-refractivity contribution in [1.82, 2.24) is 14.9 Å². The average molecular weight is 359 g/mol. The monoisotopic (exact) mass is 358 g/mol. The average Bonchev–Trinajstić information content (AvgIpc) is 3.28. The van der Waals surface area contributed by atoms with Crippen molar-refractivity contribution >= 4 is 23.2 Å². The van der Waals surface area contributed by atoms with Crippen LogP contribution in [0.4, 0.5) is 5.95 Å². The minimum absolute atomic E-state index is 0.376. The van der Waals surface area contributed by atoms with Gasteiger partial charge in [-0.3, -0.25) is 10.3 Å². The third kappa shape index (κ3) is 4.76. The number of nitrogens with two attached hydrogens (primary N) is 1. The molecule has 134 valence electrons. The number of anilines is 1. The van der Waals surface area contributed by atoms with E-state index in [1.807, 2.05) is 13.8 Å². The first-order valence-corrected chi connectivity index (χ1v) is 9.75. The summed E-state index contributed by atoms with van der Waals surface area (Å²) in [5, 5.41) is 7.18. The molecule has 3 N–H and O–H groups in total. The molecule has 1 saturated heterocycles. The van der Waals surface area contributed by atoms with Crippen LogP contribution < -0.4 is 11.1 Å². The number of hydrogen-bond acceptors (Lipinski definition) is 5. The molecule has 25 heavy (non-hydrogen) atoms. The summed E-state index contributed by atoms with van der Waals surface area (Å²) >= 11 is 1.66. The lowest BCUT2D eigenvalue weighted by atomic mass is 10.1. The van der Waals surface area contributed by atoms with Gasteiger partial charge in [-0.25, -0.2) is 9.97 Å². The van der Waals surface area contributed by atoms with Gasteiger partial charge in [0.1, 0.15) is 0 Å². The molecule has 0 saturated carbocycles. The van der Waals surface area contributed by atoms with E-state index in [2.05, 4.69) is 42.0 Å². The lowest BCUT2D eigenvalue weighted by Gasteiger charge is -2.13. The zero-order chi connectivity index (χ0) is 17.6. The Hall–Kier alpha value is -1.99. The van der Waals surface area contributed by atoms with Crippen LogP contribution in [0.3, 0.4) is 0 Å². The van der Waals surface area contributed by atoms with Crippen LogP contribution in [-0.2, 0) is 0 Å². The molecule has 0 spiro atoms. The summed E-state index contributed by atoms with van der Waals surface area (Å²) in [4.78, 5) is 16.0. The molecule has 0 amide bonds. The van der Waals surface area contributed by atoms with Gasteiger partial charge >= 0.3 is 0 Å². The molecule has 6 nitrogen and oxygen atoms in total. The topological polar surface area (TPSA) is 79.4 Å². The van der Waals surface area contributed by atoms with Gasteiger partial charge in [-0.05, 0) is 69.8 Å². The molecule has 7 heteroatoms. The van der Waals surface area contributed by atoms with Crippen molar-refractivity contribution in [3.63, 3.8) is 0 Å². The maximum atomic E-state index is 6.00. The molecule has 0 bridgehead atoms. The maximum Gasteiger partial charge on any atom is 0.230 e. The molecule has 3 heterocycles. The van der Waals surface area contributed by atoms with E-state index in [4.69, 9.17) is 5.73 Å². The molecule has 0 atom stereocenters. The van der Waals surface area contributed by atoms with E-state index in [9.17, 15) is 0 Å². The Morgan fingerprint density at radius 2 is 2.12 bits per heavy atom. The second-order valence-electron chi connectivity index (χ2n) is 6.41. The molecule has 0 radical (unpaired) electrons. The van der Waals surface area contributed by atoms with Gasteiger partial charge in [-0.1, -0.05) is 0 Å². The van der Waals surface area contributed by atoms with E-state index in [0.717, 1.165) is 42.0 Å². The SMILES string of the molecule is Cc1nc(NC(N)=NCCCN2CCCC2)nc(-c2ccsc2)c1C. The molecule has 3 rings (SSSR count). The zero-order valence-corrected chi connectivity index (χ0v) is 15.8. The number of guanidine groups is 1. The minimum Gasteiger partial charge on any atom is -0.370 e. The van der Waals surface area contributed by atoms with Crippen LogP contribution in [0.25, 0.3) is 11.3 Å². The van der Waals surface area contributed by atoms with Crippen LogP contribution in [0.1, 0.15) is 30.5 Å². The lowest BCUT2D eigenvalue weighted by Crippen LogP contribution is -2.25. The predicted octanol–water partition coefficient (Wildman–Crippen LogP) is 3.03. The van der Waals surface area contributed by atoms with Gasteiger partial charge in [0.2, 0.25) is 5.95 Å². The van der Waals surface area contributed by atoms with Crippen LogP contribution in [-0.4, -0.2) is 47.0 Å². The Kier molecular flexibility index (Phi) is 5.99. The van der Waals surface area contributed by atoms with E-state index >= 15 is 0 Å². The van der Waals surface area contributed by atoms with Crippen molar-refractivity contribution in [3.05, 3.63) is 28.1 Å². The number of thiophene rings is 1. The largest absolute Gasteiger partial charge is 0.370 e. The summed E-state index contributed by atoms with van der Waals surface area (Å²) in [5.41, 5.74) is 10.1. The normalized spacial score (nSPS) is 15.7. The Morgan fingerprint density at radius 1 is 1.32 bits per heavy atom. The Balaban J connectivity index is 1.60. The number of likely N-dealkylation sites (tertiary alicyclic amines) is 1. The van der Waals surface area contributed by atoms with Gasteiger partial charge in [0.05, 0.1) is 5.69 Å². The summed E-state index contributed by atoms with van der Waals surface area (Å²) in [5.74, 6) is 0.881. The van der Waals surface area contributed by atoms with Crippen LogP contribution in [0.15, 0.2) is 21.8 Å². The van der Waals surface area contributed by atoms with Gasteiger partial charge in [-0.15, -0.1) is 0 Å². The van der Waals surface area contributed by atoms with Gasteiger partial charge < -0.3 is 10.6 Å². The Morgan fingerprint density at radius 3 is 2.84 bits per heavy atom.